The number of amides is 1. The van der Waals surface area contributed by atoms with Crippen LogP contribution in [-0.4, -0.2) is 63.6 Å². The number of carbonyl (C=O) groups is 4. The van der Waals surface area contributed by atoms with Gasteiger partial charge in [-0.25, -0.2) is 0 Å². The minimum absolute atomic E-state index is 0.00180. The maximum absolute atomic E-state index is 11.6. The van der Waals surface area contributed by atoms with E-state index in [-0.39, 0.29) is 22.6 Å². The second-order valence-electron chi connectivity index (χ2n) is 6.96. The number of carboxylic acids is 2. The van der Waals surface area contributed by atoms with Crippen molar-refractivity contribution in [1.29, 1.82) is 0 Å². The molecule has 2 unspecified atom stereocenters. The molecule has 0 spiro atoms. The first-order chi connectivity index (χ1) is 16.4. The van der Waals surface area contributed by atoms with Gasteiger partial charge in [0.25, 0.3) is 0 Å². The number of para-hydroxylation sites is 1. The molecule has 2 atom stereocenters. The molecule has 0 saturated heterocycles. The van der Waals surface area contributed by atoms with Crippen LogP contribution in [0.2, 0.25) is 0 Å². The number of aliphatic carboxylic acids is 2. The van der Waals surface area contributed by atoms with E-state index in [0.717, 1.165) is 5.56 Å². The smallest absolute Gasteiger partial charge is 0.323 e. The van der Waals surface area contributed by atoms with E-state index in [4.69, 9.17) is 25.9 Å². The van der Waals surface area contributed by atoms with E-state index in [2.05, 4.69) is 9.19 Å². The summed E-state index contributed by atoms with van der Waals surface area (Å²) in [6.07, 6.45) is -0.516. The number of esters is 1. The van der Waals surface area contributed by atoms with Gasteiger partial charge < -0.3 is 20.7 Å². The molecule has 7 N–H and O–H groups in total. The predicted molar refractivity (Wildman–Crippen MR) is 120 cm³/mol. The van der Waals surface area contributed by atoms with Gasteiger partial charge in [-0.3, -0.25) is 14.4 Å². The summed E-state index contributed by atoms with van der Waals surface area (Å²) >= 11 is -4.92. The average Bonchev–Trinajstić information content (AvgIpc) is 2.81. The van der Waals surface area contributed by atoms with Gasteiger partial charge in [-0.2, -0.15) is 0 Å². The van der Waals surface area contributed by atoms with E-state index < -0.39 is 50.5 Å². The zero-order chi connectivity index (χ0) is 26.6. The standard InChI is InChI=1S/C13H15NO6.C8H10AsNO5/c14-10(6-9(11(15)16)12(17)18)13(19)20-7-8-4-2-1-3-5-8;1-6(11)10-8-5-3-2-4-7(8)9(12,13)15-14/h1-5,9-10H,6-7,14H2,(H,15,16)(H,17,18);2-5,14H,1H3,(H,10,11)(H,12,13). The molecule has 0 saturated carbocycles. The maximum Gasteiger partial charge on any atom is 0.323 e. The number of carbonyl (C=O) groups excluding carboxylic acids is 2. The molecule has 190 valence electrons. The largest absolute Gasteiger partial charge is 0.481 e. The van der Waals surface area contributed by atoms with E-state index in [1.807, 2.05) is 0 Å². The van der Waals surface area contributed by atoms with Crippen molar-refractivity contribution in [2.24, 2.45) is 11.7 Å². The Morgan fingerprint density at radius 3 is 2.06 bits per heavy atom. The van der Waals surface area contributed by atoms with Crippen LogP contribution in [0.1, 0.15) is 18.9 Å². The number of anilines is 1. The Kier molecular flexibility index (Phi) is 11.9. The molecule has 0 aliphatic heterocycles. The van der Waals surface area contributed by atoms with Crippen molar-refractivity contribution in [3.63, 3.8) is 0 Å². The summed E-state index contributed by atoms with van der Waals surface area (Å²) < 4.78 is 29.0. The Hall–Kier alpha value is -3.48. The molecule has 0 fully saturated rings. The normalized spacial score (nSPS) is 12.9. The molecule has 2 aromatic rings. The zero-order valence-electron chi connectivity index (χ0n) is 18.4. The van der Waals surface area contributed by atoms with Crippen LogP contribution in [0.4, 0.5) is 5.69 Å². The molecule has 0 heterocycles. The van der Waals surface area contributed by atoms with Gasteiger partial charge in [-0.1, -0.05) is 30.3 Å². The summed E-state index contributed by atoms with van der Waals surface area (Å²) in [6, 6.07) is 13.4. The SMILES string of the molecule is CC(=O)Nc1ccccc1[As](=O)(O)OO.NC(CC(C(=O)O)C(=O)O)C(=O)OCc1ccccc1. The molecule has 2 aromatic carbocycles. The van der Waals surface area contributed by atoms with Gasteiger partial charge in [0.2, 0.25) is 0 Å². The van der Waals surface area contributed by atoms with Crippen molar-refractivity contribution >= 4 is 48.0 Å². The van der Waals surface area contributed by atoms with Crippen molar-refractivity contribution < 1.29 is 51.1 Å². The minimum Gasteiger partial charge on any atom is -0.481 e. The molecule has 1 amide bonds. The molecule has 13 nitrogen and oxygen atoms in total. The number of hydrogen-bond donors (Lipinski definition) is 6. The zero-order valence-corrected chi connectivity index (χ0v) is 20.3. The molecular weight excluding hydrogens is 531 g/mol. The third kappa shape index (κ3) is 10.1. The summed E-state index contributed by atoms with van der Waals surface area (Å²) in [7, 11) is 0. The van der Waals surface area contributed by atoms with Gasteiger partial charge >= 0.3 is 106 Å². The van der Waals surface area contributed by atoms with Gasteiger partial charge in [0.05, 0.1) is 0 Å². The first kappa shape index (κ1) is 29.6. The van der Waals surface area contributed by atoms with Crippen LogP contribution in [0, 0.1) is 5.92 Å². The number of carboxylic acid groups (broad SMARTS) is 2. The van der Waals surface area contributed by atoms with E-state index in [0.29, 0.717) is 0 Å². The van der Waals surface area contributed by atoms with Crippen LogP contribution in [-0.2, 0) is 38.1 Å². The molecule has 2 rings (SSSR count). The second kappa shape index (κ2) is 14.0. The summed E-state index contributed by atoms with van der Waals surface area (Å²) in [5.74, 6) is -6.01. The third-order valence-electron chi connectivity index (χ3n) is 4.24. The van der Waals surface area contributed by atoms with E-state index >= 15 is 0 Å². The summed E-state index contributed by atoms with van der Waals surface area (Å²) in [6.45, 7) is 1.27. The maximum atomic E-state index is 11.6. The Balaban J connectivity index is 0.000000365. The Labute approximate surface area is 202 Å². The average molecular weight is 556 g/mol. The van der Waals surface area contributed by atoms with Crippen molar-refractivity contribution in [1.82, 2.24) is 0 Å². The first-order valence-electron chi connectivity index (χ1n) is 9.84. The van der Waals surface area contributed by atoms with Crippen LogP contribution in [0.15, 0.2) is 54.6 Å². The van der Waals surface area contributed by atoms with E-state index in [9.17, 15) is 27.0 Å². The van der Waals surface area contributed by atoms with Gasteiger partial charge in [-0.15, -0.1) is 0 Å². The quantitative estimate of drug-likeness (QED) is 0.0744. The fraction of sp³-hybridized carbons (Fsp3) is 0.238. The van der Waals surface area contributed by atoms with Gasteiger partial charge in [0.15, 0.2) is 5.92 Å². The molecule has 0 bridgehead atoms. The Bertz CT molecular complexity index is 1060. The van der Waals surface area contributed by atoms with Crippen LogP contribution in [0.25, 0.3) is 0 Å². The van der Waals surface area contributed by atoms with Gasteiger partial charge in [0, 0.05) is 0 Å². The Morgan fingerprint density at radius 1 is 1.00 bits per heavy atom. The number of nitrogens with two attached hydrogens (primary N) is 1. The van der Waals surface area contributed by atoms with Crippen molar-refractivity contribution in [3.05, 3.63) is 60.2 Å². The number of benzene rings is 2. The third-order valence-corrected chi connectivity index (χ3v) is 6.80. The second-order valence-corrected chi connectivity index (χ2v) is 10.5. The molecule has 0 radical (unpaired) electrons. The number of rotatable bonds is 10. The molecule has 0 aliphatic carbocycles. The molecule has 0 aliphatic rings. The predicted octanol–water partition coefficient (Wildman–Crippen LogP) is -0.0641. The monoisotopic (exact) mass is 556 g/mol. The summed E-state index contributed by atoms with van der Waals surface area (Å²) in [5.41, 5.74) is 6.36. The Morgan fingerprint density at radius 2 is 1.54 bits per heavy atom. The van der Waals surface area contributed by atoms with Crippen molar-refractivity contribution in [2.45, 2.75) is 26.0 Å². The van der Waals surface area contributed by atoms with Crippen molar-refractivity contribution in [3.8, 4) is 0 Å². The fourth-order valence-corrected chi connectivity index (χ4v) is 4.23. The van der Waals surface area contributed by atoms with E-state index in [1.165, 1.54) is 25.1 Å². The van der Waals surface area contributed by atoms with Crippen molar-refractivity contribution in [2.75, 3.05) is 5.32 Å². The molecular formula is C21H25AsN2O11. The van der Waals surface area contributed by atoms with Crippen LogP contribution < -0.4 is 15.4 Å². The number of nitrogens with one attached hydrogen (secondary N) is 1. The number of ether oxygens (including phenoxy) is 1. The molecule has 0 aromatic heterocycles. The summed E-state index contributed by atoms with van der Waals surface area (Å²) in [5, 5.41) is 28.1. The molecule has 14 heteroatoms. The van der Waals surface area contributed by atoms with Crippen LogP contribution >= 0.6 is 0 Å². The van der Waals surface area contributed by atoms with Gasteiger partial charge in [-0.05, 0) is 12.0 Å². The fourth-order valence-electron chi connectivity index (χ4n) is 2.55. The minimum atomic E-state index is -4.92. The molecule has 35 heavy (non-hydrogen) atoms. The van der Waals surface area contributed by atoms with Crippen LogP contribution in [0.3, 0.4) is 0 Å². The van der Waals surface area contributed by atoms with Gasteiger partial charge in [0.1, 0.15) is 12.6 Å². The summed E-state index contributed by atoms with van der Waals surface area (Å²) in [4.78, 5) is 43.7. The van der Waals surface area contributed by atoms with Crippen LogP contribution in [0.5, 0.6) is 0 Å². The topological polar surface area (TPSA) is 223 Å². The number of hydrogen-bond acceptors (Lipinski definition) is 9. The first-order valence-corrected chi connectivity index (χ1v) is 13.1. The van der Waals surface area contributed by atoms with E-state index in [1.54, 1.807) is 36.4 Å².